The maximum Gasteiger partial charge on any atom is 0.317 e. The van der Waals surface area contributed by atoms with Crippen LogP contribution < -0.4 is 28.4 Å². The van der Waals surface area contributed by atoms with E-state index in [1.54, 1.807) is 26.4 Å². The largest absolute Gasteiger partial charge is 0.746 e. The zero-order valence-electron chi connectivity index (χ0n) is 15.6. The first kappa shape index (κ1) is 20.9. The van der Waals surface area contributed by atoms with Crippen LogP contribution in [0, 0.1) is 0 Å². The molecule has 1 unspecified atom stereocenters. The molecule has 0 radical (unpaired) electrons. The van der Waals surface area contributed by atoms with Crippen LogP contribution in [0.5, 0.6) is 28.7 Å². The Morgan fingerprint density at radius 2 is 1.33 bits per heavy atom. The molecule has 148 valence electrons. The van der Waals surface area contributed by atoms with E-state index in [1.807, 2.05) is 12.1 Å². The summed E-state index contributed by atoms with van der Waals surface area (Å²) in [5, 5.41) is 0. The molecule has 0 fully saturated rings. The van der Waals surface area contributed by atoms with Crippen molar-refractivity contribution in [1.82, 2.24) is 0 Å². The van der Waals surface area contributed by atoms with Crippen LogP contribution >= 0.6 is 7.82 Å². The van der Waals surface area contributed by atoms with Crippen molar-refractivity contribution in [3.63, 3.8) is 0 Å². The van der Waals surface area contributed by atoms with Gasteiger partial charge in [-0.2, -0.15) is 0 Å². The van der Waals surface area contributed by atoms with E-state index in [0.29, 0.717) is 30.1 Å². The van der Waals surface area contributed by atoms with Crippen molar-refractivity contribution >= 4 is 7.82 Å². The van der Waals surface area contributed by atoms with Crippen LogP contribution in [0.15, 0.2) is 30.3 Å². The van der Waals surface area contributed by atoms with Gasteiger partial charge in [0.15, 0.2) is 23.0 Å². The zero-order chi connectivity index (χ0) is 20.0. The SMILES string of the molecule is COc1ccc(CCc2cc(OC)c(OC)c(OC)c2)cc1OP(=O)([O-])O. The number of hydrogen-bond acceptors (Lipinski definition) is 7. The summed E-state index contributed by atoms with van der Waals surface area (Å²) in [6.07, 6.45) is 1.20. The summed E-state index contributed by atoms with van der Waals surface area (Å²) >= 11 is 0. The first-order chi connectivity index (χ1) is 12.8. The van der Waals surface area contributed by atoms with Crippen molar-refractivity contribution in [1.29, 1.82) is 0 Å². The second kappa shape index (κ2) is 8.99. The lowest BCUT2D eigenvalue weighted by Gasteiger charge is -2.19. The van der Waals surface area contributed by atoms with Crippen LogP contribution in [0.3, 0.4) is 0 Å². The molecule has 8 nitrogen and oxygen atoms in total. The minimum atomic E-state index is -4.93. The van der Waals surface area contributed by atoms with Gasteiger partial charge in [-0.15, -0.1) is 0 Å². The first-order valence-electron chi connectivity index (χ1n) is 8.00. The minimum Gasteiger partial charge on any atom is -0.746 e. The van der Waals surface area contributed by atoms with Crippen molar-refractivity contribution in [2.24, 2.45) is 0 Å². The van der Waals surface area contributed by atoms with Crippen LogP contribution in [-0.4, -0.2) is 33.3 Å². The standard InChI is InChI=1S/C18H23O8P/c1-22-14-8-7-12(9-15(14)26-27(19,20)21)5-6-13-10-16(23-2)18(25-4)17(11-13)24-3/h7-11H,5-6H2,1-4H3,(H2,19,20,21)/p-1. The van der Waals surface area contributed by atoms with E-state index in [1.165, 1.54) is 20.3 Å². The molecule has 0 bridgehead atoms. The fraction of sp³-hybridized carbons (Fsp3) is 0.333. The number of hydrogen-bond donors (Lipinski definition) is 1. The average molecular weight is 397 g/mol. The highest BCUT2D eigenvalue weighted by Crippen LogP contribution is 2.40. The highest BCUT2D eigenvalue weighted by Gasteiger charge is 2.14. The normalized spacial score (nSPS) is 12.8. The Hall–Kier alpha value is -2.41. The van der Waals surface area contributed by atoms with Crippen molar-refractivity contribution in [2.45, 2.75) is 12.8 Å². The third-order valence-corrected chi connectivity index (χ3v) is 4.30. The molecule has 0 spiro atoms. The molecule has 0 saturated carbocycles. The lowest BCUT2D eigenvalue weighted by molar-refractivity contribution is -0.211. The fourth-order valence-electron chi connectivity index (χ4n) is 2.64. The average Bonchev–Trinajstić information content (AvgIpc) is 2.64. The second-order valence-electron chi connectivity index (χ2n) is 5.58. The molecular weight excluding hydrogens is 375 g/mol. The summed E-state index contributed by atoms with van der Waals surface area (Å²) in [5.74, 6) is 1.76. The number of methoxy groups -OCH3 is 4. The highest BCUT2D eigenvalue weighted by atomic mass is 31.2. The Labute approximate surface area is 157 Å². The van der Waals surface area contributed by atoms with Gasteiger partial charge >= 0.3 is 7.82 Å². The fourth-order valence-corrected chi connectivity index (χ4v) is 3.03. The number of aryl methyl sites for hydroxylation is 2. The third kappa shape index (κ3) is 5.53. The molecule has 0 saturated heterocycles. The molecule has 1 atom stereocenters. The summed E-state index contributed by atoms with van der Waals surface area (Å²) in [5.41, 5.74) is 1.74. The summed E-state index contributed by atoms with van der Waals surface area (Å²) in [4.78, 5) is 20.0. The maximum atomic E-state index is 11.0. The van der Waals surface area contributed by atoms with Crippen molar-refractivity contribution < 1.29 is 37.8 Å². The quantitative estimate of drug-likeness (QED) is 0.643. The lowest BCUT2D eigenvalue weighted by Crippen LogP contribution is -2.06. The Kier molecular flexibility index (Phi) is 6.96. The Morgan fingerprint density at radius 3 is 1.81 bits per heavy atom. The van der Waals surface area contributed by atoms with Gasteiger partial charge in [-0.1, -0.05) is 6.07 Å². The molecular formula is C18H22O8P-. The topological polar surface area (TPSA) is 107 Å². The highest BCUT2D eigenvalue weighted by molar-refractivity contribution is 7.45. The van der Waals surface area contributed by atoms with E-state index in [-0.39, 0.29) is 11.5 Å². The smallest absolute Gasteiger partial charge is 0.317 e. The summed E-state index contributed by atoms with van der Waals surface area (Å²) in [7, 11) is 1.08. The molecule has 1 N–H and O–H groups in total. The molecule has 27 heavy (non-hydrogen) atoms. The minimum absolute atomic E-state index is 0.0688. The second-order valence-corrected chi connectivity index (χ2v) is 6.70. The molecule has 2 aromatic carbocycles. The van der Waals surface area contributed by atoms with E-state index in [4.69, 9.17) is 23.8 Å². The van der Waals surface area contributed by atoms with E-state index < -0.39 is 7.82 Å². The summed E-state index contributed by atoms with van der Waals surface area (Å²) in [6.45, 7) is 0. The molecule has 0 heterocycles. The predicted octanol–water partition coefficient (Wildman–Crippen LogP) is 2.35. The van der Waals surface area contributed by atoms with Gasteiger partial charge in [0.2, 0.25) is 5.75 Å². The third-order valence-electron chi connectivity index (χ3n) is 3.87. The van der Waals surface area contributed by atoms with Crippen LogP contribution in [0.1, 0.15) is 11.1 Å². The Bertz CT molecular complexity index is 805. The summed E-state index contributed by atoms with van der Waals surface area (Å²) in [6, 6.07) is 8.58. The van der Waals surface area contributed by atoms with Gasteiger partial charge in [0.1, 0.15) is 0 Å². The van der Waals surface area contributed by atoms with Gasteiger partial charge in [0, 0.05) is 0 Å². The molecule has 2 aromatic rings. The molecule has 0 amide bonds. The molecule has 0 aliphatic heterocycles. The van der Waals surface area contributed by atoms with Gasteiger partial charge in [-0.05, 0) is 48.2 Å². The maximum absolute atomic E-state index is 11.0. The van der Waals surface area contributed by atoms with Gasteiger partial charge in [0.05, 0.1) is 28.4 Å². The number of benzene rings is 2. The lowest BCUT2D eigenvalue weighted by atomic mass is 10.0. The van der Waals surface area contributed by atoms with Crippen LogP contribution in [0.4, 0.5) is 0 Å². The molecule has 2 rings (SSSR count). The number of rotatable bonds is 9. The molecule has 9 heteroatoms. The summed E-state index contributed by atoms with van der Waals surface area (Å²) < 4.78 is 36.7. The monoisotopic (exact) mass is 397 g/mol. The number of phosphoric acid groups is 1. The predicted molar refractivity (Wildman–Crippen MR) is 97.0 cm³/mol. The van der Waals surface area contributed by atoms with Gasteiger partial charge < -0.3 is 33.3 Å². The van der Waals surface area contributed by atoms with Crippen LogP contribution in [0.2, 0.25) is 0 Å². The Morgan fingerprint density at radius 1 is 0.815 bits per heavy atom. The van der Waals surface area contributed by atoms with Crippen molar-refractivity contribution in [3.05, 3.63) is 41.5 Å². The van der Waals surface area contributed by atoms with Crippen LogP contribution in [0.25, 0.3) is 0 Å². The first-order valence-corrected chi connectivity index (χ1v) is 9.50. The van der Waals surface area contributed by atoms with Crippen molar-refractivity contribution in [3.8, 4) is 28.7 Å². The molecule has 0 aliphatic carbocycles. The van der Waals surface area contributed by atoms with E-state index in [0.717, 1.165) is 11.1 Å². The molecule has 0 aliphatic rings. The van der Waals surface area contributed by atoms with Gasteiger partial charge in [-0.25, -0.2) is 0 Å². The zero-order valence-corrected chi connectivity index (χ0v) is 16.4. The van der Waals surface area contributed by atoms with Crippen molar-refractivity contribution in [2.75, 3.05) is 28.4 Å². The number of phosphoric ester groups is 1. The Balaban J connectivity index is 2.23. The molecule has 0 aromatic heterocycles. The van der Waals surface area contributed by atoms with Gasteiger partial charge in [0.25, 0.3) is 0 Å². The number of ether oxygens (including phenoxy) is 4. The van der Waals surface area contributed by atoms with E-state index in [9.17, 15) is 9.46 Å². The van der Waals surface area contributed by atoms with E-state index in [2.05, 4.69) is 4.52 Å². The van der Waals surface area contributed by atoms with Crippen LogP contribution in [-0.2, 0) is 17.4 Å². The van der Waals surface area contributed by atoms with E-state index >= 15 is 0 Å². The van der Waals surface area contributed by atoms with Gasteiger partial charge in [-0.3, -0.25) is 4.57 Å².